The van der Waals surface area contributed by atoms with Crippen LogP contribution in [0.1, 0.15) is 41.8 Å². The molecule has 1 aliphatic heterocycles. The lowest BCUT2D eigenvalue weighted by Crippen LogP contribution is -2.39. The van der Waals surface area contributed by atoms with Crippen LogP contribution in [0.5, 0.6) is 0 Å². The Bertz CT molecular complexity index is 802. The molecule has 0 atom stereocenters. The fraction of sp³-hybridized carbons (Fsp3) is 0.381. The summed E-state index contributed by atoms with van der Waals surface area (Å²) in [5, 5.41) is 5.69. The average Bonchev–Trinajstić information content (AvgIpc) is 2.67. The molecule has 0 aliphatic carbocycles. The van der Waals surface area contributed by atoms with Gasteiger partial charge in [-0.05, 0) is 42.0 Å². The van der Waals surface area contributed by atoms with Gasteiger partial charge in [0.25, 0.3) is 5.91 Å². The summed E-state index contributed by atoms with van der Waals surface area (Å²) in [7, 11) is 0. The Morgan fingerprint density at radius 3 is 2.63 bits per heavy atom. The van der Waals surface area contributed by atoms with E-state index < -0.39 is 0 Å². The Kier molecular flexibility index (Phi) is 6.06. The van der Waals surface area contributed by atoms with Crippen molar-refractivity contribution in [2.24, 2.45) is 5.92 Å². The van der Waals surface area contributed by atoms with Crippen LogP contribution in [0.4, 0.5) is 10.6 Å². The zero-order chi connectivity index (χ0) is 19.2. The monoisotopic (exact) mass is 366 g/mol. The number of hydrogen-bond donors (Lipinski definition) is 2. The summed E-state index contributed by atoms with van der Waals surface area (Å²) in [5.41, 5.74) is 2.97. The Morgan fingerprint density at radius 1 is 1.15 bits per heavy atom. The van der Waals surface area contributed by atoms with Gasteiger partial charge in [-0.15, -0.1) is 0 Å². The zero-order valence-corrected chi connectivity index (χ0v) is 15.9. The molecule has 3 rings (SSSR count). The van der Waals surface area contributed by atoms with Gasteiger partial charge in [0.1, 0.15) is 5.82 Å². The minimum absolute atomic E-state index is 0.145. The number of rotatable bonds is 5. The van der Waals surface area contributed by atoms with Crippen LogP contribution in [-0.4, -0.2) is 34.9 Å². The molecule has 27 heavy (non-hydrogen) atoms. The standard InChI is InChI=1S/C21H26N4O2/c1-15(2)9-11-22-20(26)17-7-8-19(23-13-17)24-21(27)25-12-10-16-5-3-4-6-18(16)14-25/h3-8,13,15H,9-12,14H2,1-2H3,(H,22,26)(H,23,24,27). The van der Waals surface area contributed by atoms with Gasteiger partial charge in [-0.3, -0.25) is 10.1 Å². The van der Waals surface area contributed by atoms with E-state index in [1.54, 1.807) is 17.0 Å². The lowest BCUT2D eigenvalue weighted by molar-refractivity contribution is 0.0951. The van der Waals surface area contributed by atoms with Crippen LogP contribution in [0.25, 0.3) is 0 Å². The first-order valence-corrected chi connectivity index (χ1v) is 9.40. The molecular weight excluding hydrogens is 340 g/mol. The highest BCUT2D eigenvalue weighted by Crippen LogP contribution is 2.19. The van der Waals surface area contributed by atoms with Crippen molar-refractivity contribution in [3.05, 3.63) is 59.3 Å². The molecule has 0 spiro atoms. The van der Waals surface area contributed by atoms with Crippen molar-refractivity contribution < 1.29 is 9.59 Å². The van der Waals surface area contributed by atoms with Gasteiger partial charge in [-0.25, -0.2) is 9.78 Å². The molecule has 0 bridgehead atoms. The van der Waals surface area contributed by atoms with Gasteiger partial charge in [0.15, 0.2) is 0 Å². The second-order valence-corrected chi connectivity index (χ2v) is 7.24. The van der Waals surface area contributed by atoms with E-state index in [0.29, 0.717) is 36.9 Å². The summed E-state index contributed by atoms with van der Waals surface area (Å²) in [4.78, 5) is 30.6. The Labute approximate surface area is 160 Å². The van der Waals surface area contributed by atoms with Crippen LogP contribution in [0.2, 0.25) is 0 Å². The van der Waals surface area contributed by atoms with Gasteiger partial charge in [-0.2, -0.15) is 0 Å². The van der Waals surface area contributed by atoms with Crippen LogP contribution in [-0.2, 0) is 13.0 Å². The summed E-state index contributed by atoms with van der Waals surface area (Å²) in [6.45, 7) is 6.15. The molecule has 0 radical (unpaired) electrons. The number of anilines is 1. The number of hydrogen-bond acceptors (Lipinski definition) is 3. The maximum atomic E-state index is 12.5. The van der Waals surface area contributed by atoms with Crippen molar-refractivity contribution in [1.29, 1.82) is 0 Å². The van der Waals surface area contributed by atoms with Crippen molar-refractivity contribution in [1.82, 2.24) is 15.2 Å². The SMILES string of the molecule is CC(C)CCNC(=O)c1ccc(NC(=O)N2CCc3ccccc3C2)nc1. The van der Waals surface area contributed by atoms with E-state index in [1.165, 1.54) is 17.3 Å². The first-order valence-electron chi connectivity index (χ1n) is 9.40. The van der Waals surface area contributed by atoms with E-state index in [-0.39, 0.29) is 11.9 Å². The van der Waals surface area contributed by atoms with Crippen LogP contribution in [0.15, 0.2) is 42.6 Å². The predicted octanol–water partition coefficient (Wildman–Crippen LogP) is 3.45. The Balaban J connectivity index is 1.54. The summed E-state index contributed by atoms with van der Waals surface area (Å²) in [6, 6.07) is 11.3. The topological polar surface area (TPSA) is 74.3 Å². The fourth-order valence-corrected chi connectivity index (χ4v) is 3.04. The van der Waals surface area contributed by atoms with Crippen molar-refractivity contribution in [2.45, 2.75) is 33.2 Å². The summed E-state index contributed by atoms with van der Waals surface area (Å²) in [6.07, 6.45) is 3.28. The number of nitrogens with one attached hydrogen (secondary N) is 2. The van der Waals surface area contributed by atoms with Gasteiger partial charge in [0, 0.05) is 25.8 Å². The number of carbonyl (C=O) groups is 2. The van der Waals surface area contributed by atoms with Gasteiger partial charge in [0.2, 0.25) is 0 Å². The summed E-state index contributed by atoms with van der Waals surface area (Å²) in [5.74, 6) is 0.842. The molecule has 2 aromatic rings. The molecule has 1 aromatic carbocycles. The minimum Gasteiger partial charge on any atom is -0.352 e. The van der Waals surface area contributed by atoms with Crippen LogP contribution >= 0.6 is 0 Å². The minimum atomic E-state index is -0.175. The van der Waals surface area contributed by atoms with E-state index in [4.69, 9.17) is 0 Å². The highest BCUT2D eigenvalue weighted by atomic mass is 16.2. The number of fused-ring (bicyclic) bond motifs is 1. The van der Waals surface area contributed by atoms with E-state index in [1.807, 2.05) is 12.1 Å². The number of carbonyl (C=O) groups excluding carboxylic acids is 2. The molecular formula is C21H26N4O2. The highest BCUT2D eigenvalue weighted by molar-refractivity contribution is 5.94. The predicted molar refractivity (Wildman–Crippen MR) is 106 cm³/mol. The fourth-order valence-electron chi connectivity index (χ4n) is 3.04. The smallest absolute Gasteiger partial charge is 0.323 e. The summed E-state index contributed by atoms with van der Waals surface area (Å²) >= 11 is 0. The van der Waals surface area contributed by atoms with Crippen molar-refractivity contribution in [3.8, 4) is 0 Å². The Morgan fingerprint density at radius 2 is 1.93 bits per heavy atom. The second-order valence-electron chi connectivity index (χ2n) is 7.24. The van der Waals surface area contributed by atoms with Crippen LogP contribution in [0.3, 0.4) is 0 Å². The maximum Gasteiger partial charge on any atom is 0.323 e. The highest BCUT2D eigenvalue weighted by Gasteiger charge is 2.20. The van der Waals surface area contributed by atoms with E-state index in [9.17, 15) is 9.59 Å². The van der Waals surface area contributed by atoms with Crippen LogP contribution in [0, 0.1) is 5.92 Å². The molecule has 6 nitrogen and oxygen atoms in total. The number of pyridine rings is 1. The van der Waals surface area contributed by atoms with Crippen LogP contribution < -0.4 is 10.6 Å². The Hall–Kier alpha value is -2.89. The van der Waals surface area contributed by atoms with Crippen molar-refractivity contribution in [2.75, 3.05) is 18.4 Å². The molecule has 1 aliphatic rings. The van der Waals surface area contributed by atoms with Crippen molar-refractivity contribution in [3.63, 3.8) is 0 Å². The molecule has 0 fully saturated rings. The second kappa shape index (κ2) is 8.66. The maximum absolute atomic E-state index is 12.5. The molecule has 6 heteroatoms. The molecule has 0 saturated carbocycles. The molecule has 1 aromatic heterocycles. The first kappa shape index (κ1) is 18.9. The molecule has 142 valence electrons. The van der Waals surface area contributed by atoms with Gasteiger partial charge in [-0.1, -0.05) is 38.1 Å². The van der Waals surface area contributed by atoms with Gasteiger partial charge in [0.05, 0.1) is 5.56 Å². The van der Waals surface area contributed by atoms with Crippen molar-refractivity contribution >= 4 is 17.8 Å². The average molecular weight is 366 g/mol. The normalized spacial score (nSPS) is 13.2. The number of benzene rings is 1. The molecule has 0 saturated heterocycles. The first-order chi connectivity index (χ1) is 13.0. The van der Waals surface area contributed by atoms with Gasteiger partial charge >= 0.3 is 6.03 Å². The third-order valence-electron chi connectivity index (χ3n) is 4.69. The lowest BCUT2D eigenvalue weighted by Gasteiger charge is -2.28. The van der Waals surface area contributed by atoms with Gasteiger partial charge < -0.3 is 10.2 Å². The number of aromatic nitrogens is 1. The largest absolute Gasteiger partial charge is 0.352 e. The third-order valence-corrected chi connectivity index (χ3v) is 4.69. The third kappa shape index (κ3) is 5.06. The lowest BCUT2D eigenvalue weighted by atomic mass is 10.0. The molecule has 2 N–H and O–H groups in total. The molecule has 0 unspecified atom stereocenters. The number of nitrogens with zero attached hydrogens (tertiary/aromatic N) is 2. The molecule has 3 amide bonds. The zero-order valence-electron chi connectivity index (χ0n) is 15.9. The van der Waals surface area contributed by atoms with E-state index in [2.05, 4.69) is 41.6 Å². The summed E-state index contributed by atoms with van der Waals surface area (Å²) < 4.78 is 0. The number of amides is 3. The van der Waals surface area contributed by atoms with E-state index >= 15 is 0 Å². The molecule has 2 heterocycles. The van der Waals surface area contributed by atoms with E-state index in [0.717, 1.165) is 12.8 Å². The number of urea groups is 1. The quantitative estimate of drug-likeness (QED) is 0.851.